The van der Waals surface area contributed by atoms with Crippen molar-refractivity contribution in [1.82, 2.24) is 4.72 Å². The Balaban J connectivity index is 1.67. The first-order valence-electron chi connectivity index (χ1n) is 11.8. The van der Waals surface area contributed by atoms with Gasteiger partial charge in [-0.15, -0.1) is 0 Å². The van der Waals surface area contributed by atoms with E-state index in [0.717, 1.165) is 18.5 Å². The number of ether oxygens (including phenoxy) is 2. The Kier molecular flexibility index (Phi) is 12.0. The van der Waals surface area contributed by atoms with Crippen molar-refractivity contribution in [3.63, 3.8) is 0 Å². The molecule has 0 unspecified atom stereocenters. The van der Waals surface area contributed by atoms with E-state index in [2.05, 4.69) is 19.7 Å². The van der Waals surface area contributed by atoms with Crippen molar-refractivity contribution >= 4 is 39.0 Å². The van der Waals surface area contributed by atoms with E-state index in [9.17, 15) is 18.0 Å². The largest absolute Gasteiger partial charge is 0.466 e. The number of rotatable bonds is 15. The van der Waals surface area contributed by atoms with Gasteiger partial charge in [-0.05, 0) is 68.3 Å². The van der Waals surface area contributed by atoms with E-state index in [1.54, 1.807) is 19.1 Å². The minimum absolute atomic E-state index is 0.158. The number of esters is 2. The van der Waals surface area contributed by atoms with Crippen molar-refractivity contribution in [2.45, 2.75) is 43.9 Å². The number of benzene rings is 2. The van der Waals surface area contributed by atoms with E-state index in [4.69, 9.17) is 4.74 Å². The van der Waals surface area contributed by atoms with Crippen LogP contribution in [0.5, 0.6) is 0 Å². The van der Waals surface area contributed by atoms with Crippen molar-refractivity contribution in [2.24, 2.45) is 10.2 Å². The second-order valence-electron chi connectivity index (χ2n) is 8.12. The molecule has 0 spiro atoms. The molecule has 0 aliphatic carbocycles. The Morgan fingerprint density at radius 1 is 0.833 bits per heavy atom. The number of azo groups is 1. The molecule has 0 bridgehead atoms. The van der Waals surface area contributed by atoms with Gasteiger partial charge in [0.2, 0.25) is 10.0 Å². The van der Waals surface area contributed by atoms with Crippen molar-refractivity contribution in [2.75, 3.05) is 38.8 Å². The van der Waals surface area contributed by atoms with Crippen LogP contribution in [-0.2, 0) is 29.1 Å². The van der Waals surface area contributed by atoms with Gasteiger partial charge in [0.25, 0.3) is 0 Å². The number of hydrogen-bond acceptors (Lipinski definition) is 9. The first kappa shape index (κ1) is 28.9. The van der Waals surface area contributed by atoms with Crippen LogP contribution in [0.4, 0.5) is 17.1 Å². The van der Waals surface area contributed by atoms with E-state index < -0.39 is 22.0 Å². The fourth-order valence-electron chi connectivity index (χ4n) is 3.06. The average molecular weight is 519 g/mol. The van der Waals surface area contributed by atoms with Crippen molar-refractivity contribution in [3.05, 3.63) is 48.5 Å². The molecule has 0 saturated carbocycles. The van der Waals surface area contributed by atoms with Crippen molar-refractivity contribution in [1.29, 1.82) is 0 Å². The quantitative estimate of drug-likeness (QED) is 0.159. The summed E-state index contributed by atoms with van der Waals surface area (Å²) in [5, 5.41) is 8.34. The standard InChI is InChI=1S/C25H34N4O6S/c1-4-34-24(30)19-25(31)35-18-8-6-5-7-17-26-36(32,33)23-15-11-21(12-16-23)28-27-20-9-13-22(14-10-20)29(2)3/h9-16,26H,4-8,17-19H2,1-3H3. The molecule has 11 heteroatoms. The van der Waals surface area contributed by atoms with Gasteiger partial charge in [-0.25, -0.2) is 13.1 Å². The summed E-state index contributed by atoms with van der Waals surface area (Å²) in [5.74, 6) is -1.20. The van der Waals surface area contributed by atoms with Crippen LogP contribution in [-0.4, -0.2) is 54.2 Å². The summed E-state index contributed by atoms with van der Waals surface area (Å²) in [6.45, 7) is 2.41. The van der Waals surface area contributed by atoms with Gasteiger partial charge in [0.05, 0.1) is 29.5 Å². The minimum Gasteiger partial charge on any atom is -0.466 e. The molecule has 2 rings (SSSR count). The number of carbonyl (C=O) groups excluding carboxylic acids is 2. The van der Waals surface area contributed by atoms with Gasteiger partial charge in [-0.3, -0.25) is 9.59 Å². The third-order valence-corrected chi connectivity index (χ3v) is 6.49. The van der Waals surface area contributed by atoms with Crippen LogP contribution < -0.4 is 9.62 Å². The van der Waals surface area contributed by atoms with Gasteiger partial charge < -0.3 is 14.4 Å². The van der Waals surface area contributed by atoms with Crippen LogP contribution in [0.25, 0.3) is 0 Å². The van der Waals surface area contributed by atoms with Gasteiger partial charge in [0, 0.05) is 26.3 Å². The molecule has 1 N–H and O–H groups in total. The number of carbonyl (C=O) groups is 2. The lowest BCUT2D eigenvalue weighted by Crippen LogP contribution is -2.24. The Morgan fingerprint density at radius 3 is 1.97 bits per heavy atom. The van der Waals surface area contributed by atoms with Crippen molar-refractivity contribution in [3.8, 4) is 0 Å². The molecule has 0 aliphatic rings. The molecule has 0 aromatic heterocycles. The molecule has 0 aliphatic heterocycles. The minimum atomic E-state index is -3.62. The molecular formula is C25H34N4O6S. The first-order chi connectivity index (χ1) is 17.2. The molecular weight excluding hydrogens is 484 g/mol. The van der Waals surface area contributed by atoms with Crippen LogP contribution in [0.3, 0.4) is 0 Å². The van der Waals surface area contributed by atoms with Crippen molar-refractivity contribution < 1.29 is 27.5 Å². The van der Waals surface area contributed by atoms with E-state index >= 15 is 0 Å². The number of sulfonamides is 1. The maximum absolute atomic E-state index is 12.5. The summed E-state index contributed by atoms with van der Waals surface area (Å²) in [4.78, 5) is 24.8. The number of hydrogen-bond donors (Lipinski definition) is 1. The lowest BCUT2D eigenvalue weighted by atomic mass is 10.2. The molecule has 2 aromatic rings. The number of nitrogens with zero attached hydrogens (tertiary/aromatic N) is 3. The highest BCUT2D eigenvalue weighted by Gasteiger charge is 2.13. The second kappa shape index (κ2) is 14.9. The van der Waals surface area contributed by atoms with Crippen LogP contribution in [0.2, 0.25) is 0 Å². The van der Waals surface area contributed by atoms with E-state index in [1.807, 2.05) is 43.3 Å². The fraction of sp³-hybridized carbons (Fsp3) is 0.440. The Bertz CT molecular complexity index is 1100. The zero-order chi connectivity index (χ0) is 26.4. The van der Waals surface area contributed by atoms with Gasteiger partial charge >= 0.3 is 11.9 Å². The van der Waals surface area contributed by atoms with Crippen LogP contribution >= 0.6 is 0 Å². The van der Waals surface area contributed by atoms with Crippen LogP contribution in [0, 0.1) is 0 Å². The lowest BCUT2D eigenvalue weighted by molar-refractivity contribution is -0.154. The number of unbranched alkanes of at least 4 members (excludes halogenated alkanes) is 3. The predicted octanol–water partition coefficient (Wildman–Crippen LogP) is 4.50. The van der Waals surface area contributed by atoms with Crippen LogP contribution in [0.15, 0.2) is 63.7 Å². The summed E-state index contributed by atoms with van der Waals surface area (Å²) in [5.41, 5.74) is 2.31. The number of nitrogens with one attached hydrogen (secondary N) is 1. The monoisotopic (exact) mass is 518 g/mol. The summed E-state index contributed by atoms with van der Waals surface area (Å²) in [6, 6.07) is 13.8. The first-order valence-corrected chi connectivity index (χ1v) is 13.3. The summed E-state index contributed by atoms with van der Waals surface area (Å²) in [7, 11) is 0.296. The zero-order valence-corrected chi connectivity index (χ0v) is 21.8. The molecule has 2 aromatic carbocycles. The zero-order valence-electron chi connectivity index (χ0n) is 21.0. The van der Waals surface area contributed by atoms with Crippen LogP contribution in [0.1, 0.15) is 39.0 Å². The molecule has 196 valence electrons. The molecule has 0 fully saturated rings. The van der Waals surface area contributed by atoms with E-state index in [1.165, 1.54) is 12.1 Å². The SMILES string of the molecule is CCOC(=O)CC(=O)OCCCCCCNS(=O)(=O)c1ccc(N=Nc2ccc(N(C)C)cc2)cc1. The van der Waals surface area contributed by atoms with Gasteiger partial charge in [-0.1, -0.05) is 12.8 Å². The molecule has 10 nitrogen and oxygen atoms in total. The van der Waals surface area contributed by atoms with Gasteiger partial charge in [0.1, 0.15) is 6.42 Å². The summed E-state index contributed by atoms with van der Waals surface area (Å²) < 4.78 is 37.2. The maximum atomic E-state index is 12.5. The molecule has 0 amide bonds. The molecule has 0 atom stereocenters. The second-order valence-corrected chi connectivity index (χ2v) is 9.89. The number of anilines is 1. The highest BCUT2D eigenvalue weighted by Crippen LogP contribution is 2.22. The highest BCUT2D eigenvalue weighted by atomic mass is 32.2. The van der Waals surface area contributed by atoms with E-state index in [0.29, 0.717) is 30.8 Å². The highest BCUT2D eigenvalue weighted by molar-refractivity contribution is 7.89. The lowest BCUT2D eigenvalue weighted by Gasteiger charge is -2.11. The van der Waals surface area contributed by atoms with Gasteiger partial charge in [-0.2, -0.15) is 10.2 Å². The third kappa shape index (κ3) is 10.5. The smallest absolute Gasteiger partial charge is 0.317 e. The topological polar surface area (TPSA) is 127 Å². The molecule has 36 heavy (non-hydrogen) atoms. The molecule has 0 heterocycles. The fourth-order valence-corrected chi connectivity index (χ4v) is 4.14. The molecule has 0 radical (unpaired) electrons. The third-order valence-electron chi connectivity index (χ3n) is 5.01. The average Bonchev–Trinajstić information content (AvgIpc) is 2.85. The summed E-state index contributed by atoms with van der Waals surface area (Å²) in [6.07, 6.45) is 2.44. The Morgan fingerprint density at radius 2 is 1.39 bits per heavy atom. The summed E-state index contributed by atoms with van der Waals surface area (Å²) >= 11 is 0. The predicted molar refractivity (Wildman–Crippen MR) is 137 cm³/mol. The Hall–Kier alpha value is -3.31. The normalized spacial score (nSPS) is 11.4. The Labute approximate surface area is 212 Å². The van der Waals surface area contributed by atoms with E-state index in [-0.39, 0.29) is 24.5 Å². The van der Waals surface area contributed by atoms with Gasteiger partial charge in [0.15, 0.2) is 0 Å². The molecule has 0 saturated heterocycles. The maximum Gasteiger partial charge on any atom is 0.317 e.